The molecule has 0 fully saturated rings. The molecule has 17 heavy (non-hydrogen) atoms. The molecule has 0 amide bonds. The Hall–Kier alpha value is -0.120. The van der Waals surface area contributed by atoms with Gasteiger partial charge in [-0.1, -0.05) is 13.8 Å². The molecule has 0 aromatic heterocycles. The Morgan fingerprint density at radius 3 is 2.29 bits per heavy atom. The Bertz CT molecular complexity index is 160. The summed E-state index contributed by atoms with van der Waals surface area (Å²) in [5.74, 6) is 0. The molecule has 1 N–H and O–H groups in total. The maximum atomic E-state index is 3.40. The van der Waals surface area contributed by atoms with Crippen molar-refractivity contribution in [3.05, 3.63) is 0 Å². The Morgan fingerprint density at radius 2 is 1.76 bits per heavy atom. The fourth-order valence-corrected chi connectivity index (χ4v) is 2.05. The van der Waals surface area contributed by atoms with Gasteiger partial charge in [-0.05, 0) is 59.9 Å². The summed E-state index contributed by atoms with van der Waals surface area (Å²) in [7, 11) is 4.31. The number of nitrogens with one attached hydrogen (secondary N) is 1. The first-order valence-corrected chi connectivity index (χ1v) is 7.21. The third kappa shape index (κ3) is 9.57. The highest BCUT2D eigenvalue weighted by Gasteiger charge is 2.12. The maximum absolute atomic E-state index is 3.40. The molecule has 0 aliphatic carbocycles. The summed E-state index contributed by atoms with van der Waals surface area (Å²) >= 11 is 0. The summed E-state index contributed by atoms with van der Waals surface area (Å²) in [5, 5.41) is 3.40. The Balaban J connectivity index is 3.83. The molecule has 0 radical (unpaired) electrons. The minimum atomic E-state index is 0.716. The predicted molar refractivity (Wildman–Crippen MR) is 77.7 cm³/mol. The van der Waals surface area contributed by atoms with Crippen LogP contribution in [0, 0.1) is 0 Å². The van der Waals surface area contributed by atoms with Gasteiger partial charge >= 0.3 is 0 Å². The van der Waals surface area contributed by atoms with Gasteiger partial charge < -0.3 is 10.2 Å². The SMILES string of the molecule is CCCN(CCN(C)C)C(C)CCCNCC. The van der Waals surface area contributed by atoms with Gasteiger partial charge in [0.15, 0.2) is 0 Å². The third-order valence-corrected chi connectivity index (χ3v) is 3.19. The standard InChI is InChI=1S/C14H33N3/c1-6-11-17(13-12-16(4)5)14(3)9-8-10-15-7-2/h14-15H,6-13H2,1-5H3. The lowest BCUT2D eigenvalue weighted by atomic mass is 10.1. The molecule has 3 nitrogen and oxygen atoms in total. The van der Waals surface area contributed by atoms with Crippen molar-refractivity contribution in [2.24, 2.45) is 0 Å². The molecule has 0 rings (SSSR count). The van der Waals surface area contributed by atoms with Crippen LogP contribution in [-0.2, 0) is 0 Å². The van der Waals surface area contributed by atoms with Crippen LogP contribution in [0.25, 0.3) is 0 Å². The summed E-state index contributed by atoms with van der Waals surface area (Å²) in [6, 6.07) is 0.716. The van der Waals surface area contributed by atoms with E-state index in [9.17, 15) is 0 Å². The van der Waals surface area contributed by atoms with Crippen LogP contribution in [0.5, 0.6) is 0 Å². The van der Waals surface area contributed by atoms with E-state index in [1.54, 1.807) is 0 Å². The van der Waals surface area contributed by atoms with Crippen molar-refractivity contribution < 1.29 is 0 Å². The summed E-state index contributed by atoms with van der Waals surface area (Å²) in [6.45, 7) is 12.7. The summed E-state index contributed by atoms with van der Waals surface area (Å²) in [6.07, 6.45) is 3.85. The first-order valence-electron chi connectivity index (χ1n) is 7.21. The van der Waals surface area contributed by atoms with Crippen molar-refractivity contribution in [1.82, 2.24) is 15.1 Å². The van der Waals surface area contributed by atoms with Crippen LogP contribution in [0.1, 0.15) is 40.0 Å². The van der Waals surface area contributed by atoms with Gasteiger partial charge in [-0.15, -0.1) is 0 Å². The number of hydrogen-bond donors (Lipinski definition) is 1. The van der Waals surface area contributed by atoms with Crippen LogP contribution in [0.3, 0.4) is 0 Å². The molecular formula is C14H33N3. The highest BCUT2D eigenvalue weighted by Crippen LogP contribution is 2.07. The molecule has 0 aromatic carbocycles. The first kappa shape index (κ1) is 16.9. The fourth-order valence-electron chi connectivity index (χ4n) is 2.05. The van der Waals surface area contributed by atoms with Gasteiger partial charge in [0.2, 0.25) is 0 Å². The van der Waals surface area contributed by atoms with E-state index in [0.717, 1.165) is 19.6 Å². The smallest absolute Gasteiger partial charge is 0.0112 e. The molecule has 0 aliphatic heterocycles. The van der Waals surface area contributed by atoms with Crippen molar-refractivity contribution in [2.45, 2.75) is 46.1 Å². The summed E-state index contributed by atoms with van der Waals surface area (Å²) < 4.78 is 0. The van der Waals surface area contributed by atoms with Gasteiger partial charge in [-0.2, -0.15) is 0 Å². The Kier molecular flexibility index (Phi) is 10.9. The van der Waals surface area contributed by atoms with E-state index >= 15 is 0 Å². The minimum absolute atomic E-state index is 0.716. The van der Waals surface area contributed by atoms with Crippen molar-refractivity contribution >= 4 is 0 Å². The zero-order chi connectivity index (χ0) is 13.1. The summed E-state index contributed by atoms with van der Waals surface area (Å²) in [4.78, 5) is 4.90. The second-order valence-corrected chi connectivity index (χ2v) is 5.18. The van der Waals surface area contributed by atoms with E-state index < -0.39 is 0 Å². The fraction of sp³-hybridized carbons (Fsp3) is 1.00. The normalized spacial score (nSPS) is 13.6. The molecule has 1 unspecified atom stereocenters. The Labute approximate surface area is 109 Å². The second kappa shape index (κ2) is 11.0. The minimum Gasteiger partial charge on any atom is -0.317 e. The molecule has 0 heterocycles. The van der Waals surface area contributed by atoms with Gasteiger partial charge in [0, 0.05) is 19.1 Å². The molecule has 0 aliphatic rings. The molecule has 104 valence electrons. The van der Waals surface area contributed by atoms with Crippen molar-refractivity contribution in [3.63, 3.8) is 0 Å². The van der Waals surface area contributed by atoms with Gasteiger partial charge in [0.1, 0.15) is 0 Å². The Morgan fingerprint density at radius 1 is 1.06 bits per heavy atom. The van der Waals surface area contributed by atoms with E-state index in [-0.39, 0.29) is 0 Å². The molecule has 0 saturated heterocycles. The largest absolute Gasteiger partial charge is 0.317 e. The average molecular weight is 243 g/mol. The molecule has 0 aromatic rings. The van der Waals surface area contributed by atoms with Crippen LogP contribution in [0.15, 0.2) is 0 Å². The molecule has 0 spiro atoms. The average Bonchev–Trinajstić information content (AvgIpc) is 2.29. The first-order chi connectivity index (χ1) is 8.11. The van der Waals surface area contributed by atoms with Gasteiger partial charge in [-0.25, -0.2) is 0 Å². The third-order valence-electron chi connectivity index (χ3n) is 3.19. The lowest BCUT2D eigenvalue weighted by Gasteiger charge is -2.30. The van der Waals surface area contributed by atoms with E-state index in [0.29, 0.717) is 6.04 Å². The zero-order valence-electron chi connectivity index (χ0n) is 12.6. The lowest BCUT2D eigenvalue weighted by Crippen LogP contribution is -2.39. The van der Waals surface area contributed by atoms with Crippen molar-refractivity contribution in [1.29, 1.82) is 0 Å². The highest BCUT2D eigenvalue weighted by atomic mass is 15.2. The van der Waals surface area contributed by atoms with Crippen LogP contribution < -0.4 is 5.32 Å². The molecular weight excluding hydrogens is 210 g/mol. The van der Waals surface area contributed by atoms with E-state index in [2.05, 4.69) is 50.0 Å². The molecule has 0 bridgehead atoms. The second-order valence-electron chi connectivity index (χ2n) is 5.18. The van der Waals surface area contributed by atoms with E-state index in [1.165, 1.54) is 32.4 Å². The quantitative estimate of drug-likeness (QED) is 0.560. The van der Waals surface area contributed by atoms with E-state index in [1.807, 2.05) is 0 Å². The molecule has 1 atom stereocenters. The number of rotatable bonds is 11. The topological polar surface area (TPSA) is 18.5 Å². The van der Waals surface area contributed by atoms with Crippen LogP contribution in [0.2, 0.25) is 0 Å². The van der Waals surface area contributed by atoms with Crippen molar-refractivity contribution in [2.75, 3.05) is 46.8 Å². The van der Waals surface area contributed by atoms with Gasteiger partial charge in [0.05, 0.1) is 0 Å². The van der Waals surface area contributed by atoms with Gasteiger partial charge in [0.25, 0.3) is 0 Å². The van der Waals surface area contributed by atoms with Crippen LogP contribution in [-0.4, -0.2) is 62.7 Å². The van der Waals surface area contributed by atoms with E-state index in [4.69, 9.17) is 0 Å². The predicted octanol–water partition coefficient (Wildman–Crippen LogP) is 2.04. The summed E-state index contributed by atoms with van der Waals surface area (Å²) in [5.41, 5.74) is 0. The monoisotopic (exact) mass is 243 g/mol. The number of hydrogen-bond acceptors (Lipinski definition) is 3. The highest BCUT2D eigenvalue weighted by molar-refractivity contribution is 4.68. The molecule has 0 saturated carbocycles. The zero-order valence-corrected chi connectivity index (χ0v) is 12.6. The molecule has 3 heteroatoms. The van der Waals surface area contributed by atoms with Crippen LogP contribution >= 0.6 is 0 Å². The van der Waals surface area contributed by atoms with Gasteiger partial charge in [-0.3, -0.25) is 4.90 Å². The number of nitrogens with zero attached hydrogens (tertiary/aromatic N) is 2. The number of likely N-dealkylation sites (N-methyl/N-ethyl adjacent to an activating group) is 1. The van der Waals surface area contributed by atoms with Crippen LogP contribution in [0.4, 0.5) is 0 Å². The maximum Gasteiger partial charge on any atom is 0.0112 e. The lowest BCUT2D eigenvalue weighted by molar-refractivity contribution is 0.179. The van der Waals surface area contributed by atoms with Crippen molar-refractivity contribution in [3.8, 4) is 0 Å².